The van der Waals surface area contributed by atoms with Crippen LogP contribution in [0.1, 0.15) is 19.4 Å². The summed E-state index contributed by atoms with van der Waals surface area (Å²) in [6, 6.07) is 5.11. The summed E-state index contributed by atoms with van der Waals surface area (Å²) < 4.78 is 27.2. The molecule has 0 saturated heterocycles. The molecule has 0 fully saturated rings. The molecule has 0 heterocycles. The molecule has 104 valence electrons. The molecule has 1 aromatic carbocycles. The minimum absolute atomic E-state index is 0. The number of halogens is 2. The van der Waals surface area contributed by atoms with Crippen molar-refractivity contribution in [1.29, 1.82) is 0 Å². The second-order valence-corrected chi connectivity index (χ2v) is 7.23. The zero-order chi connectivity index (χ0) is 13.3. The fourth-order valence-corrected chi connectivity index (χ4v) is 3.46. The van der Waals surface area contributed by atoms with Gasteiger partial charge in [0.05, 0.1) is 4.90 Å². The van der Waals surface area contributed by atoms with Gasteiger partial charge in [-0.15, -0.1) is 12.4 Å². The van der Waals surface area contributed by atoms with Crippen LogP contribution in [0.5, 0.6) is 0 Å². The van der Waals surface area contributed by atoms with Crippen molar-refractivity contribution in [2.75, 3.05) is 6.54 Å². The van der Waals surface area contributed by atoms with Crippen LogP contribution in [0.4, 0.5) is 0 Å². The van der Waals surface area contributed by atoms with Gasteiger partial charge in [0.15, 0.2) is 0 Å². The third-order valence-electron chi connectivity index (χ3n) is 2.16. The third-order valence-corrected chi connectivity index (χ3v) is 4.92. The van der Waals surface area contributed by atoms with Crippen molar-refractivity contribution < 1.29 is 8.42 Å². The van der Waals surface area contributed by atoms with Crippen molar-refractivity contribution in [3.8, 4) is 0 Å². The Bertz CT molecular complexity index is 512. The van der Waals surface area contributed by atoms with Crippen LogP contribution in [0.25, 0.3) is 0 Å². The lowest BCUT2D eigenvalue weighted by Gasteiger charge is -2.19. The number of benzene rings is 1. The molecule has 4 nitrogen and oxygen atoms in total. The summed E-state index contributed by atoms with van der Waals surface area (Å²) in [5.74, 6) is 0. The lowest BCUT2D eigenvalue weighted by molar-refractivity contribution is 0.497. The molecule has 18 heavy (non-hydrogen) atoms. The zero-order valence-electron chi connectivity index (χ0n) is 10.5. The molecule has 0 spiro atoms. The third kappa shape index (κ3) is 4.85. The Morgan fingerprint density at radius 3 is 2.44 bits per heavy atom. The Morgan fingerprint density at radius 2 is 1.94 bits per heavy atom. The molecule has 7 heteroatoms. The van der Waals surface area contributed by atoms with Gasteiger partial charge in [0.1, 0.15) is 0 Å². The summed E-state index contributed by atoms with van der Waals surface area (Å²) in [7, 11) is -3.52. The molecule has 0 bridgehead atoms. The fraction of sp³-hybridized carbons (Fsp3) is 0.455. The predicted molar refractivity (Wildman–Crippen MR) is 79.6 cm³/mol. The van der Waals surface area contributed by atoms with Crippen molar-refractivity contribution in [3.63, 3.8) is 0 Å². The van der Waals surface area contributed by atoms with Crippen LogP contribution in [0, 0.1) is 6.92 Å². The van der Waals surface area contributed by atoms with Gasteiger partial charge in [-0.1, -0.05) is 12.1 Å². The Balaban J connectivity index is 0.00000289. The van der Waals surface area contributed by atoms with E-state index in [-0.39, 0.29) is 23.8 Å². The maximum absolute atomic E-state index is 12.1. The van der Waals surface area contributed by atoms with E-state index in [1.165, 1.54) is 0 Å². The number of nitrogens with one attached hydrogen (secondary N) is 1. The van der Waals surface area contributed by atoms with E-state index in [4.69, 9.17) is 5.73 Å². The largest absolute Gasteiger partial charge is 0.324 e. The van der Waals surface area contributed by atoms with Crippen molar-refractivity contribution in [2.45, 2.75) is 31.2 Å². The first-order valence-corrected chi connectivity index (χ1v) is 7.45. The number of hydrogen-bond donors (Lipinski definition) is 2. The summed E-state index contributed by atoms with van der Waals surface area (Å²) in [6.45, 7) is 5.56. The van der Waals surface area contributed by atoms with Crippen LogP contribution in [0.3, 0.4) is 0 Å². The molecular formula is C11H18BrClN2O2S. The summed E-state index contributed by atoms with van der Waals surface area (Å²) >= 11 is 3.29. The highest BCUT2D eigenvalue weighted by Gasteiger charge is 2.21. The molecule has 0 aliphatic rings. The monoisotopic (exact) mass is 356 g/mol. The van der Waals surface area contributed by atoms with E-state index >= 15 is 0 Å². The Labute approximate surface area is 123 Å². The van der Waals surface area contributed by atoms with Gasteiger partial charge < -0.3 is 5.73 Å². The highest BCUT2D eigenvalue weighted by molar-refractivity contribution is 9.10. The molecule has 1 rings (SSSR count). The average Bonchev–Trinajstić information content (AvgIpc) is 2.18. The standard InChI is InChI=1S/C11H17BrN2O2S.ClH/c1-8-5-4-6-9(10(8)12)17(15,16)14-7-11(2,3)13;/h4-6,14H,7,13H2,1-3H3;1H. The van der Waals surface area contributed by atoms with E-state index < -0.39 is 15.6 Å². The molecule has 3 N–H and O–H groups in total. The minimum atomic E-state index is -3.52. The van der Waals surface area contributed by atoms with E-state index in [9.17, 15) is 8.42 Å². The lowest BCUT2D eigenvalue weighted by atomic mass is 10.1. The van der Waals surface area contributed by atoms with Crippen LogP contribution < -0.4 is 10.5 Å². The SMILES string of the molecule is Cc1cccc(S(=O)(=O)NCC(C)(C)N)c1Br.Cl. The van der Waals surface area contributed by atoms with Crippen molar-refractivity contribution in [1.82, 2.24) is 4.72 Å². The molecule has 0 unspecified atom stereocenters. The summed E-state index contributed by atoms with van der Waals surface area (Å²) in [5.41, 5.74) is 6.04. The smallest absolute Gasteiger partial charge is 0.241 e. The molecule has 0 aliphatic carbocycles. The normalized spacial score (nSPS) is 12.1. The summed E-state index contributed by atoms with van der Waals surface area (Å²) in [6.07, 6.45) is 0. The molecule has 1 aromatic rings. The van der Waals surface area contributed by atoms with Gasteiger partial charge >= 0.3 is 0 Å². The molecule has 0 atom stereocenters. The van der Waals surface area contributed by atoms with Crippen LogP contribution in [-0.2, 0) is 10.0 Å². The molecule has 0 amide bonds. The van der Waals surface area contributed by atoms with Gasteiger partial charge in [-0.25, -0.2) is 13.1 Å². The second-order valence-electron chi connectivity index (χ2n) is 4.70. The Kier molecular flexibility index (Phi) is 6.29. The average molecular weight is 358 g/mol. The van der Waals surface area contributed by atoms with Gasteiger partial charge in [-0.3, -0.25) is 0 Å². The Morgan fingerprint density at radius 1 is 1.39 bits per heavy atom. The summed E-state index contributed by atoms with van der Waals surface area (Å²) in [5, 5.41) is 0. The molecular weight excluding hydrogens is 340 g/mol. The number of aryl methyl sites for hydroxylation is 1. The summed E-state index contributed by atoms with van der Waals surface area (Å²) in [4.78, 5) is 0.238. The molecule has 0 saturated carbocycles. The van der Waals surface area contributed by atoms with Crippen LogP contribution in [0.2, 0.25) is 0 Å². The van der Waals surface area contributed by atoms with Crippen LogP contribution in [0.15, 0.2) is 27.6 Å². The second kappa shape index (κ2) is 6.34. The predicted octanol–water partition coefficient (Wildman–Crippen LogP) is 2.19. The van der Waals surface area contributed by atoms with Crippen molar-refractivity contribution in [3.05, 3.63) is 28.2 Å². The lowest BCUT2D eigenvalue weighted by Crippen LogP contribution is -2.45. The van der Waals surface area contributed by atoms with E-state index in [0.29, 0.717) is 4.47 Å². The molecule has 0 aliphatic heterocycles. The number of hydrogen-bond acceptors (Lipinski definition) is 3. The molecule has 0 aromatic heterocycles. The first-order valence-electron chi connectivity index (χ1n) is 5.17. The van der Waals surface area contributed by atoms with Gasteiger partial charge in [0.2, 0.25) is 10.0 Å². The fourth-order valence-electron chi connectivity index (χ4n) is 1.19. The molecule has 0 radical (unpaired) electrons. The minimum Gasteiger partial charge on any atom is -0.324 e. The highest BCUT2D eigenvalue weighted by atomic mass is 79.9. The van der Waals surface area contributed by atoms with E-state index in [0.717, 1.165) is 5.56 Å². The van der Waals surface area contributed by atoms with E-state index in [2.05, 4.69) is 20.7 Å². The van der Waals surface area contributed by atoms with Crippen molar-refractivity contribution >= 4 is 38.4 Å². The zero-order valence-corrected chi connectivity index (χ0v) is 13.7. The van der Waals surface area contributed by atoms with E-state index in [1.807, 2.05) is 13.0 Å². The van der Waals surface area contributed by atoms with Gasteiger partial charge in [-0.2, -0.15) is 0 Å². The number of nitrogens with two attached hydrogens (primary N) is 1. The topological polar surface area (TPSA) is 72.2 Å². The maximum Gasteiger partial charge on any atom is 0.241 e. The number of rotatable bonds is 4. The van der Waals surface area contributed by atoms with Gasteiger partial charge in [0, 0.05) is 16.6 Å². The van der Waals surface area contributed by atoms with Crippen molar-refractivity contribution in [2.24, 2.45) is 5.73 Å². The Hall–Kier alpha value is -0.140. The first-order chi connectivity index (χ1) is 7.63. The van der Waals surface area contributed by atoms with E-state index in [1.54, 1.807) is 26.0 Å². The number of sulfonamides is 1. The highest BCUT2D eigenvalue weighted by Crippen LogP contribution is 2.25. The van der Waals surface area contributed by atoms with Crippen LogP contribution in [-0.4, -0.2) is 20.5 Å². The van der Waals surface area contributed by atoms with Crippen LogP contribution >= 0.6 is 28.3 Å². The van der Waals surface area contributed by atoms with Gasteiger partial charge in [-0.05, 0) is 48.3 Å². The first kappa shape index (κ1) is 17.9. The van der Waals surface area contributed by atoms with Gasteiger partial charge in [0.25, 0.3) is 0 Å². The quantitative estimate of drug-likeness (QED) is 0.867. The maximum atomic E-state index is 12.1.